The van der Waals surface area contributed by atoms with Gasteiger partial charge < -0.3 is 24.4 Å². The molecule has 2 atom stereocenters. The maximum Gasteiger partial charge on any atom is 0.309 e. The van der Waals surface area contributed by atoms with Crippen LogP contribution in [0.5, 0.6) is 0 Å². The second-order valence-corrected chi connectivity index (χ2v) is 5.27. The Kier molecular flexibility index (Phi) is 11.4. The summed E-state index contributed by atoms with van der Waals surface area (Å²) in [7, 11) is -4.36. The van der Waals surface area contributed by atoms with Gasteiger partial charge in [-0.1, -0.05) is 19.1 Å². The Morgan fingerprint density at radius 2 is 2.00 bits per heavy atom. The van der Waals surface area contributed by atoms with Crippen molar-refractivity contribution in [1.29, 1.82) is 0 Å². The van der Waals surface area contributed by atoms with Crippen LogP contribution in [-0.2, 0) is 33.3 Å². The fourth-order valence-corrected chi connectivity index (χ4v) is 1.85. The van der Waals surface area contributed by atoms with Crippen molar-refractivity contribution in [1.82, 2.24) is 0 Å². The SMILES string of the molecule is CCC(/C=C/CC(=O)OCCOP(=O)([O-])OCC[NH3+])O[O]. The highest BCUT2D eigenvalue weighted by molar-refractivity contribution is 7.45. The van der Waals surface area contributed by atoms with E-state index >= 15 is 0 Å². The van der Waals surface area contributed by atoms with Crippen molar-refractivity contribution >= 4 is 13.8 Å². The van der Waals surface area contributed by atoms with E-state index in [1.807, 2.05) is 0 Å². The van der Waals surface area contributed by atoms with Crippen LogP contribution < -0.4 is 10.6 Å². The fraction of sp³-hybridized carbons (Fsp3) is 0.727. The molecule has 10 heteroatoms. The highest BCUT2D eigenvalue weighted by Crippen LogP contribution is 2.37. The monoisotopic (exact) mass is 326 g/mol. The van der Waals surface area contributed by atoms with E-state index in [2.05, 4.69) is 19.7 Å². The van der Waals surface area contributed by atoms with Gasteiger partial charge in [0.2, 0.25) is 0 Å². The highest BCUT2D eigenvalue weighted by atomic mass is 31.2. The average Bonchev–Trinajstić information content (AvgIpc) is 2.46. The number of ether oxygens (including phenoxy) is 1. The number of carbonyl (C=O) groups is 1. The third kappa shape index (κ3) is 11.5. The zero-order valence-electron chi connectivity index (χ0n) is 11.9. The van der Waals surface area contributed by atoms with E-state index in [1.165, 1.54) is 12.2 Å². The van der Waals surface area contributed by atoms with Gasteiger partial charge in [0.15, 0.2) is 0 Å². The molecule has 0 amide bonds. The molecular formula is C11H21NO8P. The molecule has 0 rings (SSSR count). The molecule has 0 spiro atoms. The summed E-state index contributed by atoms with van der Waals surface area (Å²) in [6.07, 6.45) is 2.77. The van der Waals surface area contributed by atoms with Crippen LogP contribution in [0.1, 0.15) is 19.8 Å². The number of phosphoric acid groups is 1. The van der Waals surface area contributed by atoms with Gasteiger partial charge in [-0.25, -0.2) is 0 Å². The summed E-state index contributed by atoms with van der Waals surface area (Å²) in [5, 5.41) is 10.2. The minimum Gasteiger partial charge on any atom is -0.756 e. The Morgan fingerprint density at radius 3 is 2.57 bits per heavy atom. The van der Waals surface area contributed by atoms with Crippen molar-refractivity contribution < 1.29 is 43.9 Å². The molecule has 0 aliphatic rings. The molecule has 0 aliphatic heterocycles. The molecule has 2 unspecified atom stereocenters. The average molecular weight is 326 g/mol. The summed E-state index contributed by atoms with van der Waals surface area (Å²) < 4.78 is 24.7. The number of hydrogen-bond acceptors (Lipinski definition) is 7. The molecule has 1 radical (unpaired) electrons. The maximum absolute atomic E-state index is 11.3. The van der Waals surface area contributed by atoms with Gasteiger partial charge in [-0.05, 0) is 11.7 Å². The van der Waals surface area contributed by atoms with E-state index in [9.17, 15) is 19.5 Å². The van der Waals surface area contributed by atoms with Gasteiger partial charge in [-0.3, -0.25) is 9.36 Å². The summed E-state index contributed by atoms with van der Waals surface area (Å²) in [6, 6.07) is 0. The molecule has 0 bridgehead atoms. The molecule has 3 N–H and O–H groups in total. The van der Waals surface area contributed by atoms with Gasteiger partial charge in [0.1, 0.15) is 19.3 Å². The predicted octanol–water partition coefficient (Wildman–Crippen LogP) is -0.640. The quantitative estimate of drug-likeness (QED) is 0.125. The highest BCUT2D eigenvalue weighted by Gasteiger charge is 2.09. The van der Waals surface area contributed by atoms with Crippen LogP contribution in [0.25, 0.3) is 0 Å². The van der Waals surface area contributed by atoms with Gasteiger partial charge in [-0.15, -0.1) is 0 Å². The Balaban J connectivity index is 3.78. The van der Waals surface area contributed by atoms with E-state index in [0.29, 0.717) is 13.0 Å². The van der Waals surface area contributed by atoms with Gasteiger partial charge in [0.05, 0.1) is 19.6 Å². The first-order chi connectivity index (χ1) is 9.95. The van der Waals surface area contributed by atoms with Crippen molar-refractivity contribution in [3.63, 3.8) is 0 Å². The molecule has 21 heavy (non-hydrogen) atoms. The van der Waals surface area contributed by atoms with Gasteiger partial charge in [0.25, 0.3) is 7.82 Å². The van der Waals surface area contributed by atoms with Crippen LogP contribution in [0.4, 0.5) is 0 Å². The molecule has 9 nitrogen and oxygen atoms in total. The third-order valence-corrected chi connectivity index (χ3v) is 3.15. The van der Waals surface area contributed by atoms with E-state index < -0.39 is 19.9 Å². The van der Waals surface area contributed by atoms with Crippen molar-refractivity contribution in [3.05, 3.63) is 12.2 Å². The second kappa shape index (κ2) is 11.8. The summed E-state index contributed by atoms with van der Waals surface area (Å²) in [5.41, 5.74) is 3.42. The fourth-order valence-electron chi connectivity index (χ4n) is 1.13. The smallest absolute Gasteiger partial charge is 0.309 e. The number of carbonyl (C=O) groups excluding carboxylic acids is 1. The first kappa shape index (κ1) is 20.2. The van der Waals surface area contributed by atoms with Crippen LogP contribution in [0, 0.1) is 0 Å². The zero-order valence-corrected chi connectivity index (χ0v) is 12.8. The van der Waals surface area contributed by atoms with Gasteiger partial charge in [0, 0.05) is 0 Å². The van der Waals surface area contributed by atoms with Gasteiger partial charge in [-0.2, -0.15) is 4.89 Å². The minimum atomic E-state index is -4.36. The first-order valence-corrected chi connectivity index (χ1v) is 7.91. The van der Waals surface area contributed by atoms with Gasteiger partial charge >= 0.3 is 5.97 Å². The largest absolute Gasteiger partial charge is 0.756 e. The molecule has 0 heterocycles. The molecular weight excluding hydrogens is 305 g/mol. The topological polar surface area (TPSA) is 142 Å². The van der Waals surface area contributed by atoms with E-state index in [0.717, 1.165) is 0 Å². The lowest BCUT2D eigenvalue weighted by atomic mass is 10.2. The molecule has 123 valence electrons. The van der Waals surface area contributed by atoms with Crippen LogP contribution in [0.3, 0.4) is 0 Å². The van der Waals surface area contributed by atoms with Crippen LogP contribution in [0.15, 0.2) is 12.2 Å². The zero-order chi connectivity index (χ0) is 16.1. The molecule has 0 aromatic heterocycles. The van der Waals surface area contributed by atoms with Crippen LogP contribution >= 0.6 is 7.82 Å². The Labute approximate surface area is 123 Å². The number of hydrogen-bond donors (Lipinski definition) is 1. The number of phosphoric ester groups is 1. The summed E-state index contributed by atoms with van der Waals surface area (Å²) in [5.74, 6) is -0.574. The summed E-state index contributed by atoms with van der Waals surface area (Å²) in [6.45, 7) is 1.45. The Hall–Kier alpha value is -0.800. The van der Waals surface area contributed by atoms with Crippen LogP contribution in [0.2, 0.25) is 0 Å². The predicted molar refractivity (Wildman–Crippen MR) is 67.8 cm³/mol. The number of esters is 1. The van der Waals surface area contributed by atoms with E-state index in [1.54, 1.807) is 6.92 Å². The summed E-state index contributed by atoms with van der Waals surface area (Å²) in [4.78, 5) is 26.2. The molecule has 0 aliphatic carbocycles. The Bertz CT molecular complexity index is 358. The Morgan fingerprint density at radius 1 is 1.33 bits per heavy atom. The van der Waals surface area contributed by atoms with Crippen LogP contribution in [-0.4, -0.2) is 38.4 Å². The number of rotatable bonds is 12. The van der Waals surface area contributed by atoms with E-state index in [-0.39, 0.29) is 26.2 Å². The van der Waals surface area contributed by atoms with Crippen molar-refractivity contribution in [3.8, 4) is 0 Å². The molecule has 0 aromatic rings. The molecule has 0 saturated carbocycles. The lowest BCUT2D eigenvalue weighted by molar-refractivity contribution is -0.373. The summed E-state index contributed by atoms with van der Waals surface area (Å²) >= 11 is 0. The minimum absolute atomic E-state index is 0.0487. The standard InChI is InChI=1S/C11H21NO8P/c1-2-10(20-14)4-3-5-11(13)17-8-9-19-21(15,16)18-7-6-12/h3-4,10H,2,5-9,12H2,1H3,(H,15,16)/b4-3+. The molecule has 0 aromatic carbocycles. The second-order valence-electron chi connectivity index (χ2n) is 3.86. The van der Waals surface area contributed by atoms with Crippen molar-refractivity contribution in [2.75, 3.05) is 26.4 Å². The maximum atomic E-state index is 11.3. The molecule has 0 fully saturated rings. The van der Waals surface area contributed by atoms with Crippen molar-refractivity contribution in [2.24, 2.45) is 0 Å². The van der Waals surface area contributed by atoms with E-state index in [4.69, 9.17) is 4.74 Å². The lowest BCUT2D eigenvalue weighted by Crippen LogP contribution is -2.52. The lowest BCUT2D eigenvalue weighted by Gasteiger charge is -2.21. The van der Waals surface area contributed by atoms with Crippen molar-refractivity contribution in [2.45, 2.75) is 25.9 Å². The normalized spacial score (nSPS) is 15.8. The first-order valence-electron chi connectivity index (χ1n) is 6.45. The number of quaternary nitrogens is 1. The third-order valence-electron chi connectivity index (χ3n) is 2.15. The molecule has 0 saturated heterocycles.